The second-order valence-electron chi connectivity index (χ2n) is 8.16. The second-order valence-corrected chi connectivity index (χ2v) is 10.3. The van der Waals surface area contributed by atoms with Crippen molar-refractivity contribution in [1.29, 1.82) is 0 Å². The third kappa shape index (κ3) is 4.00. The summed E-state index contributed by atoms with van der Waals surface area (Å²) in [6.07, 6.45) is 2.61. The minimum atomic E-state index is -3.76. The van der Waals surface area contributed by atoms with Crippen molar-refractivity contribution in [3.8, 4) is 0 Å². The number of benzene rings is 2. The first kappa shape index (κ1) is 22.0. The summed E-state index contributed by atoms with van der Waals surface area (Å²) in [6, 6.07) is 12.2. The fourth-order valence-corrected chi connectivity index (χ4v) is 5.53. The van der Waals surface area contributed by atoms with Gasteiger partial charge in [0.25, 0.3) is 0 Å². The Morgan fingerprint density at radius 2 is 1.72 bits per heavy atom. The number of nitrogens with zero attached hydrogens (tertiary/aromatic N) is 2. The molecule has 0 saturated carbocycles. The zero-order valence-electron chi connectivity index (χ0n) is 18.0. The van der Waals surface area contributed by atoms with Crippen LogP contribution in [0, 0.1) is 0 Å². The number of sulfone groups is 1. The van der Waals surface area contributed by atoms with Gasteiger partial charge in [-0.05, 0) is 48.6 Å². The SMILES string of the molecule is Cn1c(=O)c(=O)n(C)c2cc(S(=O)(=O)CCC(=O)N[C@H]3CCCc4ccccc43)ccc21. The Balaban J connectivity index is 1.52. The highest BCUT2D eigenvalue weighted by Gasteiger charge is 2.23. The Bertz CT molecular complexity index is 1440. The van der Waals surface area contributed by atoms with E-state index in [-0.39, 0.29) is 29.0 Å². The van der Waals surface area contributed by atoms with Crippen LogP contribution in [0.1, 0.15) is 36.4 Å². The summed E-state index contributed by atoms with van der Waals surface area (Å²) in [5, 5.41) is 2.97. The summed E-state index contributed by atoms with van der Waals surface area (Å²) in [6.45, 7) is 0. The van der Waals surface area contributed by atoms with Gasteiger partial charge in [0.05, 0.1) is 27.7 Å². The molecule has 1 aromatic heterocycles. The van der Waals surface area contributed by atoms with Crippen molar-refractivity contribution in [2.45, 2.75) is 36.6 Å². The van der Waals surface area contributed by atoms with E-state index in [4.69, 9.17) is 0 Å². The fraction of sp³-hybridized carbons (Fsp3) is 0.348. The number of fused-ring (bicyclic) bond motifs is 2. The molecule has 0 radical (unpaired) electrons. The molecule has 2 aromatic carbocycles. The molecular weight excluding hydrogens is 430 g/mol. The van der Waals surface area contributed by atoms with Crippen LogP contribution in [0.3, 0.4) is 0 Å². The lowest BCUT2D eigenvalue weighted by Gasteiger charge is -2.26. The highest BCUT2D eigenvalue weighted by molar-refractivity contribution is 7.91. The number of hydrogen-bond donors (Lipinski definition) is 1. The summed E-state index contributed by atoms with van der Waals surface area (Å²) < 4.78 is 28.1. The van der Waals surface area contributed by atoms with Crippen molar-refractivity contribution < 1.29 is 13.2 Å². The van der Waals surface area contributed by atoms with Crippen LogP contribution in [0.5, 0.6) is 0 Å². The van der Waals surface area contributed by atoms with Crippen molar-refractivity contribution in [3.05, 3.63) is 74.3 Å². The lowest BCUT2D eigenvalue weighted by atomic mass is 9.88. The Morgan fingerprint density at radius 1 is 1.03 bits per heavy atom. The van der Waals surface area contributed by atoms with Gasteiger partial charge in [-0.2, -0.15) is 0 Å². The molecule has 1 heterocycles. The molecule has 1 aliphatic rings. The Morgan fingerprint density at radius 3 is 2.47 bits per heavy atom. The fourth-order valence-electron chi connectivity index (χ4n) is 4.27. The molecule has 168 valence electrons. The van der Waals surface area contributed by atoms with E-state index in [2.05, 4.69) is 11.4 Å². The molecule has 3 aromatic rings. The van der Waals surface area contributed by atoms with Gasteiger partial charge in [0.2, 0.25) is 5.91 Å². The second kappa shape index (κ2) is 8.38. The van der Waals surface area contributed by atoms with Gasteiger partial charge in [-0.1, -0.05) is 24.3 Å². The first-order valence-corrected chi connectivity index (χ1v) is 12.1. The lowest BCUT2D eigenvalue weighted by molar-refractivity contribution is -0.121. The number of carbonyl (C=O) groups is 1. The van der Waals surface area contributed by atoms with Gasteiger partial charge in [0, 0.05) is 20.5 Å². The first-order chi connectivity index (χ1) is 15.2. The molecule has 1 atom stereocenters. The third-order valence-electron chi connectivity index (χ3n) is 6.12. The lowest BCUT2D eigenvalue weighted by Crippen LogP contribution is -2.39. The van der Waals surface area contributed by atoms with Crippen molar-refractivity contribution >= 4 is 26.8 Å². The number of rotatable bonds is 5. The number of hydrogen-bond acceptors (Lipinski definition) is 5. The molecule has 1 amide bonds. The molecule has 0 unspecified atom stereocenters. The van der Waals surface area contributed by atoms with Gasteiger partial charge in [0.15, 0.2) is 9.84 Å². The molecule has 4 rings (SSSR count). The maximum Gasteiger partial charge on any atom is 0.316 e. The smallest absolute Gasteiger partial charge is 0.316 e. The Kier molecular flexibility index (Phi) is 5.77. The number of carbonyl (C=O) groups excluding carboxylic acids is 1. The first-order valence-electron chi connectivity index (χ1n) is 10.5. The highest BCUT2D eigenvalue weighted by atomic mass is 32.2. The number of nitrogens with one attached hydrogen (secondary N) is 1. The van der Waals surface area contributed by atoms with E-state index in [1.807, 2.05) is 18.2 Å². The maximum absolute atomic E-state index is 12.9. The van der Waals surface area contributed by atoms with Crippen LogP contribution in [0.2, 0.25) is 0 Å². The maximum atomic E-state index is 12.9. The van der Waals surface area contributed by atoms with E-state index >= 15 is 0 Å². The monoisotopic (exact) mass is 455 g/mol. The molecule has 1 N–H and O–H groups in total. The van der Waals surface area contributed by atoms with Crippen LogP contribution in [0.15, 0.2) is 56.9 Å². The van der Waals surface area contributed by atoms with Crippen LogP contribution in [0.25, 0.3) is 11.0 Å². The van der Waals surface area contributed by atoms with E-state index < -0.39 is 21.0 Å². The van der Waals surface area contributed by atoms with Gasteiger partial charge >= 0.3 is 11.1 Å². The molecular formula is C23H25N3O5S. The van der Waals surface area contributed by atoms with E-state index in [1.54, 1.807) is 0 Å². The summed E-state index contributed by atoms with van der Waals surface area (Å²) in [7, 11) is -0.870. The van der Waals surface area contributed by atoms with Crippen LogP contribution in [0.4, 0.5) is 0 Å². The summed E-state index contributed by atoms with van der Waals surface area (Å²) in [4.78, 5) is 36.6. The molecule has 8 nitrogen and oxygen atoms in total. The Hall–Kier alpha value is -3.20. The van der Waals surface area contributed by atoms with Crippen LogP contribution in [-0.4, -0.2) is 29.2 Å². The van der Waals surface area contributed by atoms with Crippen molar-refractivity contribution in [2.75, 3.05) is 5.75 Å². The van der Waals surface area contributed by atoms with Crippen molar-refractivity contribution in [3.63, 3.8) is 0 Å². The van der Waals surface area contributed by atoms with Crippen LogP contribution >= 0.6 is 0 Å². The van der Waals surface area contributed by atoms with Gasteiger partial charge in [0.1, 0.15) is 0 Å². The quantitative estimate of drug-likeness (QED) is 0.588. The van der Waals surface area contributed by atoms with Crippen molar-refractivity contribution in [1.82, 2.24) is 14.5 Å². The van der Waals surface area contributed by atoms with Crippen LogP contribution in [-0.2, 0) is 35.1 Å². The minimum Gasteiger partial charge on any atom is -0.349 e. The van der Waals surface area contributed by atoms with Gasteiger partial charge < -0.3 is 14.5 Å². The summed E-state index contributed by atoms with van der Waals surface area (Å²) in [5.41, 5.74) is 1.67. The molecule has 0 bridgehead atoms. The average Bonchev–Trinajstić information content (AvgIpc) is 2.80. The van der Waals surface area contributed by atoms with E-state index in [9.17, 15) is 22.8 Å². The Labute approximate surface area is 185 Å². The minimum absolute atomic E-state index is 0.00876. The molecule has 0 spiro atoms. The molecule has 0 aliphatic heterocycles. The highest BCUT2D eigenvalue weighted by Crippen LogP contribution is 2.29. The summed E-state index contributed by atoms with van der Waals surface area (Å²) >= 11 is 0. The number of aromatic nitrogens is 2. The third-order valence-corrected chi connectivity index (χ3v) is 7.84. The van der Waals surface area contributed by atoms with Gasteiger partial charge in [-0.15, -0.1) is 0 Å². The number of aryl methyl sites for hydroxylation is 3. The predicted molar refractivity (Wildman–Crippen MR) is 121 cm³/mol. The molecule has 32 heavy (non-hydrogen) atoms. The molecule has 9 heteroatoms. The molecule has 0 saturated heterocycles. The summed E-state index contributed by atoms with van der Waals surface area (Å²) in [5.74, 6) is -0.663. The largest absolute Gasteiger partial charge is 0.349 e. The normalized spacial score (nSPS) is 16.0. The molecule has 0 fully saturated rings. The van der Waals surface area contributed by atoms with Gasteiger partial charge in [-0.3, -0.25) is 14.4 Å². The zero-order chi connectivity index (χ0) is 23.0. The average molecular weight is 456 g/mol. The topological polar surface area (TPSA) is 107 Å². The van der Waals surface area contributed by atoms with E-state index in [0.29, 0.717) is 11.0 Å². The van der Waals surface area contributed by atoms with Crippen molar-refractivity contribution in [2.24, 2.45) is 14.1 Å². The molecule has 1 aliphatic carbocycles. The van der Waals surface area contributed by atoms with Crippen LogP contribution < -0.4 is 16.4 Å². The van der Waals surface area contributed by atoms with Gasteiger partial charge in [-0.25, -0.2) is 8.42 Å². The van der Waals surface area contributed by atoms with E-state index in [0.717, 1.165) is 29.4 Å². The zero-order valence-corrected chi connectivity index (χ0v) is 18.8. The van der Waals surface area contributed by atoms with E-state index in [1.165, 1.54) is 42.4 Å². The predicted octanol–water partition coefficient (Wildman–Crippen LogP) is 1.59. The standard InChI is InChI=1S/C23H25N3O5S/c1-25-19-11-10-16(14-20(19)26(2)23(29)22(25)28)32(30,31)13-12-21(27)24-18-9-5-7-15-6-3-4-8-17(15)18/h3-4,6,8,10-11,14,18H,5,7,9,12-13H2,1-2H3,(H,24,27)/t18-/m0/s1. The number of amides is 1.